The van der Waals surface area contributed by atoms with E-state index in [-0.39, 0.29) is 0 Å². The molecule has 0 spiro atoms. The molecular weight excluding hydrogens is 228 g/mol. The number of pyridine rings is 1. The van der Waals surface area contributed by atoms with Crippen LogP contribution in [0.2, 0.25) is 0 Å². The molecule has 0 unspecified atom stereocenters. The molecule has 1 saturated carbocycles. The van der Waals surface area contributed by atoms with Crippen LogP contribution in [0.25, 0.3) is 0 Å². The topological polar surface area (TPSA) is 45.6 Å². The van der Waals surface area contributed by atoms with Gasteiger partial charge in [-0.05, 0) is 25.8 Å². The van der Waals surface area contributed by atoms with Gasteiger partial charge in [-0.25, -0.2) is 0 Å². The van der Waals surface area contributed by atoms with Crippen LogP contribution >= 0.6 is 0 Å². The van der Waals surface area contributed by atoms with Crippen molar-refractivity contribution >= 4 is 5.82 Å². The monoisotopic (exact) mass is 250 g/mol. The molecule has 1 fully saturated rings. The van der Waals surface area contributed by atoms with Gasteiger partial charge in [0.1, 0.15) is 5.82 Å². The van der Waals surface area contributed by atoms with Crippen molar-refractivity contribution in [2.75, 3.05) is 25.1 Å². The van der Waals surface area contributed by atoms with Crippen molar-refractivity contribution in [3.63, 3.8) is 0 Å². The SMILES string of the molecule is CCOc1cccc(N(C)CC2(O)CCCC2)n1. The molecule has 0 atom stereocenters. The number of rotatable bonds is 5. The van der Waals surface area contributed by atoms with Gasteiger partial charge in [-0.1, -0.05) is 18.9 Å². The van der Waals surface area contributed by atoms with Crippen LogP contribution in [-0.2, 0) is 0 Å². The van der Waals surface area contributed by atoms with E-state index in [0.29, 0.717) is 19.0 Å². The molecule has 1 aliphatic carbocycles. The van der Waals surface area contributed by atoms with Crippen LogP contribution in [0, 0.1) is 0 Å². The predicted molar refractivity (Wildman–Crippen MR) is 72.1 cm³/mol. The van der Waals surface area contributed by atoms with E-state index in [4.69, 9.17) is 4.74 Å². The van der Waals surface area contributed by atoms with E-state index in [9.17, 15) is 5.11 Å². The van der Waals surface area contributed by atoms with Gasteiger partial charge in [0.25, 0.3) is 0 Å². The van der Waals surface area contributed by atoms with E-state index in [0.717, 1.165) is 31.5 Å². The van der Waals surface area contributed by atoms with Crippen LogP contribution in [0.15, 0.2) is 18.2 Å². The maximum absolute atomic E-state index is 10.4. The summed E-state index contributed by atoms with van der Waals surface area (Å²) in [5, 5.41) is 10.4. The molecule has 1 aromatic rings. The molecule has 2 rings (SSSR count). The summed E-state index contributed by atoms with van der Waals surface area (Å²) in [5.74, 6) is 1.49. The number of likely N-dealkylation sites (N-methyl/N-ethyl adjacent to an activating group) is 1. The minimum absolute atomic E-state index is 0.544. The average Bonchev–Trinajstić information content (AvgIpc) is 2.76. The molecule has 4 nitrogen and oxygen atoms in total. The number of hydrogen-bond donors (Lipinski definition) is 1. The van der Waals surface area contributed by atoms with Crippen molar-refractivity contribution < 1.29 is 9.84 Å². The van der Waals surface area contributed by atoms with Gasteiger partial charge in [-0.15, -0.1) is 0 Å². The zero-order chi connectivity index (χ0) is 13.0. The van der Waals surface area contributed by atoms with Crippen LogP contribution in [0.3, 0.4) is 0 Å². The summed E-state index contributed by atoms with van der Waals surface area (Å²) < 4.78 is 5.39. The quantitative estimate of drug-likeness (QED) is 0.870. The molecular formula is C14H22N2O2. The van der Waals surface area contributed by atoms with E-state index in [1.165, 1.54) is 0 Å². The second-order valence-corrected chi connectivity index (χ2v) is 5.05. The number of aromatic nitrogens is 1. The van der Waals surface area contributed by atoms with E-state index >= 15 is 0 Å². The average molecular weight is 250 g/mol. The largest absolute Gasteiger partial charge is 0.478 e. The van der Waals surface area contributed by atoms with Crippen molar-refractivity contribution in [2.24, 2.45) is 0 Å². The second kappa shape index (κ2) is 5.57. The van der Waals surface area contributed by atoms with E-state index in [1.54, 1.807) is 0 Å². The Hall–Kier alpha value is -1.29. The summed E-state index contributed by atoms with van der Waals surface area (Å²) in [4.78, 5) is 6.44. The number of aliphatic hydroxyl groups is 1. The van der Waals surface area contributed by atoms with Crippen LogP contribution in [0.1, 0.15) is 32.6 Å². The Kier molecular flexibility index (Phi) is 4.07. The lowest BCUT2D eigenvalue weighted by Crippen LogP contribution is -2.39. The van der Waals surface area contributed by atoms with Crippen LogP contribution in [0.4, 0.5) is 5.82 Å². The maximum Gasteiger partial charge on any atom is 0.215 e. The van der Waals surface area contributed by atoms with Gasteiger partial charge in [0.2, 0.25) is 5.88 Å². The number of hydrogen-bond acceptors (Lipinski definition) is 4. The highest BCUT2D eigenvalue weighted by Crippen LogP contribution is 2.31. The summed E-state index contributed by atoms with van der Waals surface area (Å²) >= 11 is 0. The van der Waals surface area contributed by atoms with Gasteiger partial charge in [-0.3, -0.25) is 0 Å². The normalized spacial score (nSPS) is 17.7. The number of nitrogens with zero attached hydrogens (tertiary/aromatic N) is 2. The van der Waals surface area contributed by atoms with Gasteiger partial charge in [-0.2, -0.15) is 4.98 Å². The molecule has 1 heterocycles. The molecule has 0 aromatic carbocycles. The Morgan fingerprint density at radius 1 is 1.39 bits per heavy atom. The van der Waals surface area contributed by atoms with Gasteiger partial charge < -0.3 is 14.7 Å². The molecule has 100 valence electrons. The summed E-state index contributed by atoms with van der Waals surface area (Å²) in [6.45, 7) is 3.19. The first-order valence-electron chi connectivity index (χ1n) is 6.66. The van der Waals surface area contributed by atoms with Crippen LogP contribution < -0.4 is 9.64 Å². The molecule has 1 aromatic heterocycles. The third-order valence-corrected chi connectivity index (χ3v) is 3.46. The molecule has 1 aliphatic rings. The lowest BCUT2D eigenvalue weighted by Gasteiger charge is -2.29. The molecule has 0 radical (unpaired) electrons. The molecule has 0 aliphatic heterocycles. The van der Waals surface area contributed by atoms with Crippen molar-refractivity contribution in [1.82, 2.24) is 4.98 Å². The molecule has 4 heteroatoms. The summed E-state index contributed by atoms with van der Waals surface area (Å²) in [7, 11) is 1.97. The van der Waals surface area contributed by atoms with Gasteiger partial charge in [0, 0.05) is 19.7 Å². The second-order valence-electron chi connectivity index (χ2n) is 5.05. The standard InChI is InChI=1S/C14H22N2O2/c1-3-18-13-8-6-7-12(15-13)16(2)11-14(17)9-4-5-10-14/h6-8,17H,3-5,9-11H2,1-2H3. The Morgan fingerprint density at radius 2 is 2.11 bits per heavy atom. The zero-order valence-corrected chi connectivity index (χ0v) is 11.2. The lowest BCUT2D eigenvalue weighted by molar-refractivity contribution is 0.0557. The van der Waals surface area contributed by atoms with Gasteiger partial charge in [0.05, 0.1) is 12.2 Å². The van der Waals surface area contributed by atoms with E-state index < -0.39 is 5.60 Å². The molecule has 18 heavy (non-hydrogen) atoms. The van der Waals surface area contributed by atoms with Crippen molar-refractivity contribution in [3.05, 3.63) is 18.2 Å². The van der Waals surface area contributed by atoms with E-state index in [1.807, 2.05) is 37.1 Å². The van der Waals surface area contributed by atoms with Crippen LogP contribution in [-0.4, -0.2) is 35.9 Å². The predicted octanol–water partition coefficient (Wildman–Crippen LogP) is 2.22. The van der Waals surface area contributed by atoms with Crippen molar-refractivity contribution in [1.29, 1.82) is 0 Å². The highest BCUT2D eigenvalue weighted by atomic mass is 16.5. The van der Waals surface area contributed by atoms with Crippen molar-refractivity contribution in [2.45, 2.75) is 38.2 Å². The Balaban J connectivity index is 2.03. The highest BCUT2D eigenvalue weighted by molar-refractivity contribution is 5.40. The third-order valence-electron chi connectivity index (χ3n) is 3.46. The maximum atomic E-state index is 10.4. The number of anilines is 1. The van der Waals surface area contributed by atoms with Gasteiger partial charge in [0.15, 0.2) is 0 Å². The van der Waals surface area contributed by atoms with Crippen molar-refractivity contribution in [3.8, 4) is 5.88 Å². The summed E-state index contributed by atoms with van der Waals surface area (Å²) in [6, 6.07) is 5.73. The first-order valence-corrected chi connectivity index (χ1v) is 6.66. The van der Waals surface area contributed by atoms with E-state index in [2.05, 4.69) is 4.98 Å². The molecule has 0 amide bonds. The van der Waals surface area contributed by atoms with Gasteiger partial charge >= 0.3 is 0 Å². The smallest absolute Gasteiger partial charge is 0.215 e. The zero-order valence-electron chi connectivity index (χ0n) is 11.2. The Labute approximate surface area is 109 Å². The fourth-order valence-electron chi connectivity index (χ4n) is 2.56. The first-order chi connectivity index (χ1) is 8.63. The van der Waals surface area contributed by atoms with Crippen LogP contribution in [0.5, 0.6) is 5.88 Å². The highest BCUT2D eigenvalue weighted by Gasteiger charge is 2.32. The third kappa shape index (κ3) is 3.13. The minimum Gasteiger partial charge on any atom is -0.478 e. The summed E-state index contributed by atoms with van der Waals surface area (Å²) in [6.07, 6.45) is 4.03. The summed E-state index contributed by atoms with van der Waals surface area (Å²) in [5.41, 5.74) is -0.544. The minimum atomic E-state index is -0.544. The molecule has 0 bridgehead atoms. The molecule has 0 saturated heterocycles. The first kappa shape index (κ1) is 13.1. The Bertz CT molecular complexity index is 389. The fourth-order valence-corrected chi connectivity index (χ4v) is 2.56. The Morgan fingerprint density at radius 3 is 2.78 bits per heavy atom. The number of ether oxygens (including phenoxy) is 1. The lowest BCUT2D eigenvalue weighted by atomic mass is 10.0. The fraction of sp³-hybridized carbons (Fsp3) is 0.643. The molecule has 1 N–H and O–H groups in total.